The smallest absolute Gasteiger partial charge is 0.264 e. The number of aromatic amines is 1. The Morgan fingerprint density at radius 1 is 1.31 bits per heavy atom. The van der Waals surface area contributed by atoms with Gasteiger partial charge in [0.15, 0.2) is 0 Å². The number of rotatable bonds is 4. The molecule has 1 aromatic carbocycles. The third-order valence-corrected chi connectivity index (χ3v) is 7.43. The molecule has 1 atom stereocenters. The molecule has 1 saturated heterocycles. The number of aryl methyl sites for hydroxylation is 1. The van der Waals surface area contributed by atoms with Gasteiger partial charge in [0.25, 0.3) is 11.5 Å². The number of amides is 1. The van der Waals surface area contributed by atoms with Gasteiger partial charge in [0.1, 0.15) is 16.6 Å². The van der Waals surface area contributed by atoms with Gasteiger partial charge in [0.05, 0.1) is 22.8 Å². The van der Waals surface area contributed by atoms with Crippen LogP contribution < -0.4 is 5.56 Å². The van der Waals surface area contributed by atoms with E-state index in [9.17, 15) is 9.59 Å². The van der Waals surface area contributed by atoms with E-state index in [1.165, 1.54) is 17.7 Å². The largest absolute Gasteiger partial charge is 0.443 e. The molecule has 1 aliphatic heterocycles. The third kappa shape index (κ3) is 3.73. The number of likely N-dealkylation sites (tertiary alicyclic amines) is 1. The topological polar surface area (TPSA) is 92.1 Å². The molecule has 0 radical (unpaired) electrons. The summed E-state index contributed by atoms with van der Waals surface area (Å²) in [6.45, 7) is 2.41. The molecular weight excluding hydrogens is 448 g/mol. The van der Waals surface area contributed by atoms with Crippen LogP contribution in [0, 0.1) is 6.92 Å². The summed E-state index contributed by atoms with van der Waals surface area (Å²) in [5.74, 6) is 1.13. The molecule has 1 fully saturated rings. The first-order valence-corrected chi connectivity index (χ1v) is 11.7. The van der Waals surface area contributed by atoms with E-state index in [0.29, 0.717) is 50.3 Å². The van der Waals surface area contributed by atoms with Crippen molar-refractivity contribution in [3.05, 3.63) is 79.8 Å². The van der Waals surface area contributed by atoms with Crippen molar-refractivity contribution in [2.24, 2.45) is 0 Å². The van der Waals surface area contributed by atoms with Crippen molar-refractivity contribution in [3.8, 4) is 0 Å². The zero-order valence-corrected chi connectivity index (χ0v) is 19.0. The lowest BCUT2D eigenvalue weighted by Gasteiger charge is -2.33. The van der Waals surface area contributed by atoms with Crippen LogP contribution >= 0.6 is 22.9 Å². The van der Waals surface area contributed by atoms with Gasteiger partial charge in [-0.1, -0.05) is 29.8 Å². The van der Waals surface area contributed by atoms with Crippen molar-refractivity contribution < 1.29 is 9.21 Å². The van der Waals surface area contributed by atoms with Crippen LogP contribution in [0.1, 0.15) is 57.8 Å². The van der Waals surface area contributed by atoms with Crippen LogP contribution in [-0.4, -0.2) is 32.3 Å². The van der Waals surface area contributed by atoms with E-state index in [2.05, 4.69) is 15.0 Å². The highest BCUT2D eigenvalue weighted by molar-refractivity contribution is 7.20. The number of hydrogen-bond donors (Lipinski definition) is 1. The standard InChI is InChI=1S/C23H21ClN4O3S/c1-13-18-20(29)26-12-27-22(18)32-19(13)23(30)28-9-5-4-8-17(28)21-25-11-15(31-21)10-14-6-2-3-7-16(14)24/h2-3,6-7,11-12,17H,4-5,8-10H2,1H3,(H,26,27,29)/t17-/m0/s1. The predicted molar refractivity (Wildman–Crippen MR) is 123 cm³/mol. The summed E-state index contributed by atoms with van der Waals surface area (Å²) in [6.07, 6.45) is 6.30. The quantitative estimate of drug-likeness (QED) is 0.460. The molecule has 0 spiro atoms. The fraction of sp³-hybridized carbons (Fsp3) is 0.304. The fourth-order valence-corrected chi connectivity index (χ4v) is 5.54. The molecule has 1 N–H and O–H groups in total. The van der Waals surface area contributed by atoms with Crippen LogP contribution in [0.4, 0.5) is 0 Å². The second-order valence-corrected chi connectivity index (χ2v) is 9.32. The lowest BCUT2D eigenvalue weighted by molar-refractivity contribution is 0.0574. The Labute approximate surface area is 193 Å². The van der Waals surface area contributed by atoms with Gasteiger partial charge in [0.2, 0.25) is 5.89 Å². The lowest BCUT2D eigenvalue weighted by atomic mass is 10.0. The number of carbonyl (C=O) groups excluding carboxylic acids is 1. The third-order valence-electron chi connectivity index (χ3n) is 5.87. The lowest BCUT2D eigenvalue weighted by Crippen LogP contribution is -2.38. The van der Waals surface area contributed by atoms with E-state index in [-0.39, 0.29) is 17.5 Å². The minimum atomic E-state index is -0.243. The molecule has 4 heterocycles. The first-order chi connectivity index (χ1) is 15.5. The first-order valence-electron chi connectivity index (χ1n) is 10.5. The molecule has 0 saturated carbocycles. The predicted octanol–water partition coefficient (Wildman–Crippen LogP) is 4.89. The fourth-order valence-electron chi connectivity index (χ4n) is 4.23. The van der Waals surface area contributed by atoms with Gasteiger partial charge < -0.3 is 14.3 Å². The molecule has 4 aromatic rings. The van der Waals surface area contributed by atoms with Crippen molar-refractivity contribution in [1.82, 2.24) is 19.9 Å². The molecule has 1 amide bonds. The Kier molecular flexibility index (Phi) is 5.57. The van der Waals surface area contributed by atoms with Crippen LogP contribution in [0.25, 0.3) is 10.2 Å². The summed E-state index contributed by atoms with van der Waals surface area (Å²) in [7, 11) is 0. The molecule has 7 nitrogen and oxygen atoms in total. The molecular formula is C23H21ClN4O3S. The average Bonchev–Trinajstić information content (AvgIpc) is 3.40. The number of oxazole rings is 1. The zero-order valence-electron chi connectivity index (χ0n) is 17.4. The monoisotopic (exact) mass is 468 g/mol. The Hall–Kier alpha value is -2.97. The van der Waals surface area contributed by atoms with E-state index in [4.69, 9.17) is 16.0 Å². The van der Waals surface area contributed by atoms with Gasteiger partial charge in [0, 0.05) is 18.0 Å². The van der Waals surface area contributed by atoms with Crippen molar-refractivity contribution in [2.45, 2.75) is 38.6 Å². The summed E-state index contributed by atoms with van der Waals surface area (Å²) < 4.78 is 6.08. The molecule has 5 rings (SSSR count). The van der Waals surface area contributed by atoms with E-state index in [1.807, 2.05) is 29.2 Å². The van der Waals surface area contributed by atoms with Gasteiger partial charge >= 0.3 is 0 Å². The van der Waals surface area contributed by atoms with Crippen LogP contribution in [0.2, 0.25) is 5.02 Å². The first kappa shape index (κ1) is 20.9. The Morgan fingerprint density at radius 2 is 2.16 bits per heavy atom. The number of benzene rings is 1. The maximum absolute atomic E-state index is 13.5. The summed E-state index contributed by atoms with van der Waals surface area (Å²) in [5, 5.41) is 1.16. The molecule has 164 valence electrons. The van der Waals surface area contributed by atoms with Gasteiger partial charge in [-0.2, -0.15) is 0 Å². The summed E-state index contributed by atoms with van der Waals surface area (Å²) >= 11 is 7.54. The molecule has 3 aromatic heterocycles. The van der Waals surface area contributed by atoms with E-state index < -0.39 is 0 Å². The molecule has 0 unspecified atom stereocenters. The molecule has 1 aliphatic rings. The highest BCUT2D eigenvalue weighted by Gasteiger charge is 2.34. The molecule has 9 heteroatoms. The second kappa shape index (κ2) is 8.52. The molecule has 0 aliphatic carbocycles. The van der Waals surface area contributed by atoms with Crippen LogP contribution in [0.3, 0.4) is 0 Å². The highest BCUT2D eigenvalue weighted by atomic mass is 35.5. The normalized spacial score (nSPS) is 16.6. The Bertz CT molecular complexity index is 1360. The minimum absolute atomic E-state index is 0.111. The maximum Gasteiger partial charge on any atom is 0.264 e. The Morgan fingerprint density at radius 3 is 2.97 bits per heavy atom. The van der Waals surface area contributed by atoms with Crippen molar-refractivity contribution in [1.29, 1.82) is 0 Å². The molecule has 0 bridgehead atoms. The van der Waals surface area contributed by atoms with E-state index >= 15 is 0 Å². The molecule has 32 heavy (non-hydrogen) atoms. The SMILES string of the molecule is Cc1c(C(=O)N2CCCC[C@H]2c2ncc(Cc3ccccc3Cl)o2)sc2nc[nH]c(=O)c12. The number of piperidine rings is 1. The number of fused-ring (bicyclic) bond motifs is 1. The minimum Gasteiger partial charge on any atom is -0.443 e. The summed E-state index contributed by atoms with van der Waals surface area (Å²) in [5.41, 5.74) is 1.41. The number of halogens is 1. The summed E-state index contributed by atoms with van der Waals surface area (Å²) in [6, 6.07) is 7.40. The van der Waals surface area contributed by atoms with Crippen LogP contribution in [0.15, 0.2) is 46.0 Å². The maximum atomic E-state index is 13.5. The van der Waals surface area contributed by atoms with E-state index in [1.54, 1.807) is 13.1 Å². The number of nitrogens with zero attached hydrogens (tertiary/aromatic N) is 3. The van der Waals surface area contributed by atoms with Crippen molar-refractivity contribution >= 4 is 39.1 Å². The van der Waals surface area contributed by atoms with Gasteiger partial charge in [-0.25, -0.2) is 9.97 Å². The number of nitrogens with one attached hydrogen (secondary N) is 1. The van der Waals surface area contributed by atoms with Crippen molar-refractivity contribution in [2.75, 3.05) is 6.54 Å². The van der Waals surface area contributed by atoms with Gasteiger partial charge in [-0.05, 0) is 43.4 Å². The number of hydrogen-bond acceptors (Lipinski definition) is 6. The second-order valence-electron chi connectivity index (χ2n) is 7.91. The van der Waals surface area contributed by atoms with Crippen LogP contribution in [-0.2, 0) is 6.42 Å². The van der Waals surface area contributed by atoms with Gasteiger partial charge in [-0.3, -0.25) is 9.59 Å². The van der Waals surface area contributed by atoms with Gasteiger partial charge in [-0.15, -0.1) is 11.3 Å². The highest BCUT2D eigenvalue weighted by Crippen LogP contribution is 2.35. The Balaban J connectivity index is 1.44. The van der Waals surface area contributed by atoms with E-state index in [0.717, 1.165) is 24.8 Å². The number of aromatic nitrogens is 3. The number of H-pyrrole nitrogens is 1. The zero-order chi connectivity index (χ0) is 22.2. The van der Waals surface area contributed by atoms with Crippen molar-refractivity contribution in [3.63, 3.8) is 0 Å². The van der Waals surface area contributed by atoms with Crippen LogP contribution in [0.5, 0.6) is 0 Å². The number of carbonyl (C=O) groups is 1. The average molecular weight is 469 g/mol. The number of thiophene rings is 1. The summed E-state index contributed by atoms with van der Waals surface area (Å²) in [4.78, 5) is 40.0.